The maximum Gasteiger partial charge on any atom is 0.244 e. The molecule has 0 radical (unpaired) electrons. The van der Waals surface area contributed by atoms with E-state index in [0.717, 1.165) is 0 Å². The molecule has 15 heavy (non-hydrogen) atoms. The lowest BCUT2D eigenvalue weighted by Crippen LogP contribution is -2.33. The smallest absolute Gasteiger partial charge is 0.244 e. The Morgan fingerprint density at radius 2 is 2.00 bits per heavy atom. The number of rotatable bonds is 3. The summed E-state index contributed by atoms with van der Waals surface area (Å²) < 4.78 is 25.2. The SMILES string of the molecule is CC(C)N(C)S(=O)(=O)c1ccc(N)nc1. The van der Waals surface area contributed by atoms with Crippen molar-refractivity contribution in [3.8, 4) is 0 Å². The van der Waals surface area contributed by atoms with Crippen LogP contribution in [0.1, 0.15) is 13.8 Å². The molecule has 0 aliphatic heterocycles. The predicted octanol–water partition coefficient (Wildman–Crippen LogP) is 0.693. The number of nitrogens with zero attached hydrogens (tertiary/aromatic N) is 2. The Morgan fingerprint density at radius 3 is 2.40 bits per heavy atom. The predicted molar refractivity (Wildman–Crippen MR) is 58.7 cm³/mol. The molecule has 0 aliphatic rings. The van der Waals surface area contributed by atoms with Gasteiger partial charge in [-0.05, 0) is 26.0 Å². The number of pyridine rings is 1. The molecule has 0 atom stereocenters. The van der Waals surface area contributed by atoms with Crippen molar-refractivity contribution >= 4 is 15.8 Å². The van der Waals surface area contributed by atoms with Gasteiger partial charge in [0.15, 0.2) is 0 Å². The Kier molecular flexibility index (Phi) is 3.31. The normalized spacial score (nSPS) is 12.3. The summed E-state index contributed by atoms with van der Waals surface area (Å²) in [6.45, 7) is 3.62. The van der Waals surface area contributed by atoms with E-state index in [0.29, 0.717) is 5.82 Å². The van der Waals surface area contributed by atoms with E-state index in [1.165, 1.54) is 29.7 Å². The molecule has 0 spiro atoms. The lowest BCUT2D eigenvalue weighted by molar-refractivity contribution is 0.410. The number of nitrogen functional groups attached to an aromatic ring is 1. The van der Waals surface area contributed by atoms with E-state index in [-0.39, 0.29) is 10.9 Å². The molecule has 1 aromatic heterocycles. The van der Waals surface area contributed by atoms with Gasteiger partial charge in [0.25, 0.3) is 0 Å². The van der Waals surface area contributed by atoms with Gasteiger partial charge in [-0.1, -0.05) is 0 Å². The molecule has 1 rings (SSSR count). The van der Waals surface area contributed by atoms with Crippen LogP contribution in [-0.2, 0) is 10.0 Å². The molecular weight excluding hydrogens is 214 g/mol. The lowest BCUT2D eigenvalue weighted by atomic mass is 10.4. The van der Waals surface area contributed by atoms with Crippen LogP contribution < -0.4 is 5.73 Å². The first-order chi connectivity index (χ1) is 6.85. The fraction of sp³-hybridized carbons (Fsp3) is 0.444. The summed E-state index contributed by atoms with van der Waals surface area (Å²) >= 11 is 0. The van der Waals surface area contributed by atoms with Crippen LogP contribution >= 0.6 is 0 Å². The van der Waals surface area contributed by atoms with E-state index < -0.39 is 10.0 Å². The van der Waals surface area contributed by atoms with E-state index >= 15 is 0 Å². The Labute approximate surface area is 90.0 Å². The van der Waals surface area contributed by atoms with Crippen LogP contribution in [0.3, 0.4) is 0 Å². The molecule has 0 bridgehead atoms. The third kappa shape index (κ3) is 2.45. The van der Waals surface area contributed by atoms with Gasteiger partial charge in [-0.3, -0.25) is 0 Å². The molecule has 0 fully saturated rings. The van der Waals surface area contributed by atoms with Crippen molar-refractivity contribution in [2.24, 2.45) is 0 Å². The molecule has 0 unspecified atom stereocenters. The highest BCUT2D eigenvalue weighted by Gasteiger charge is 2.22. The number of nitrogens with two attached hydrogens (primary N) is 1. The minimum atomic E-state index is -3.44. The molecule has 1 heterocycles. The second-order valence-corrected chi connectivity index (χ2v) is 5.53. The molecule has 0 aromatic carbocycles. The number of hydrogen-bond acceptors (Lipinski definition) is 4. The summed E-state index contributed by atoms with van der Waals surface area (Å²) in [6.07, 6.45) is 1.27. The minimum Gasteiger partial charge on any atom is -0.384 e. The fourth-order valence-electron chi connectivity index (χ4n) is 0.988. The Bertz CT molecular complexity index is 425. The van der Waals surface area contributed by atoms with Gasteiger partial charge in [0.05, 0.1) is 0 Å². The van der Waals surface area contributed by atoms with Gasteiger partial charge in [-0.25, -0.2) is 13.4 Å². The summed E-state index contributed by atoms with van der Waals surface area (Å²) in [7, 11) is -1.90. The molecule has 0 amide bonds. The summed E-state index contributed by atoms with van der Waals surface area (Å²) in [6, 6.07) is 2.84. The Morgan fingerprint density at radius 1 is 1.40 bits per heavy atom. The third-order valence-electron chi connectivity index (χ3n) is 2.16. The first-order valence-corrected chi connectivity index (χ1v) is 5.99. The Hall–Kier alpha value is -1.14. The zero-order chi connectivity index (χ0) is 11.6. The lowest BCUT2D eigenvalue weighted by Gasteiger charge is -2.20. The van der Waals surface area contributed by atoms with Gasteiger partial charge >= 0.3 is 0 Å². The Balaban J connectivity index is 3.12. The second kappa shape index (κ2) is 4.16. The minimum absolute atomic E-state index is 0.0902. The maximum atomic E-state index is 11.9. The maximum absolute atomic E-state index is 11.9. The molecule has 0 saturated carbocycles. The van der Waals surface area contributed by atoms with Gasteiger partial charge in [-0.15, -0.1) is 0 Å². The highest BCUT2D eigenvalue weighted by atomic mass is 32.2. The molecular formula is C9H15N3O2S. The van der Waals surface area contributed by atoms with Crippen molar-refractivity contribution < 1.29 is 8.42 Å². The molecule has 6 heteroatoms. The highest BCUT2D eigenvalue weighted by Crippen LogP contribution is 2.15. The topological polar surface area (TPSA) is 76.3 Å². The van der Waals surface area contributed by atoms with Crippen LogP contribution in [0.4, 0.5) is 5.82 Å². The van der Waals surface area contributed by atoms with Gasteiger partial charge in [0.2, 0.25) is 10.0 Å². The molecule has 1 aromatic rings. The van der Waals surface area contributed by atoms with E-state index in [9.17, 15) is 8.42 Å². The van der Waals surface area contributed by atoms with Crippen LogP contribution in [0.15, 0.2) is 23.2 Å². The van der Waals surface area contributed by atoms with Crippen LogP contribution in [0.2, 0.25) is 0 Å². The molecule has 5 nitrogen and oxygen atoms in total. The number of aromatic nitrogens is 1. The van der Waals surface area contributed by atoms with Crippen LogP contribution in [0, 0.1) is 0 Å². The van der Waals surface area contributed by atoms with Crippen molar-refractivity contribution in [1.82, 2.24) is 9.29 Å². The third-order valence-corrected chi connectivity index (χ3v) is 4.18. The summed E-state index contributed by atoms with van der Waals surface area (Å²) in [5.74, 6) is 0.307. The zero-order valence-corrected chi connectivity index (χ0v) is 9.82. The molecule has 0 aliphatic carbocycles. The molecule has 0 saturated heterocycles. The summed E-state index contributed by atoms with van der Waals surface area (Å²) in [5, 5.41) is 0. The number of hydrogen-bond donors (Lipinski definition) is 1. The van der Waals surface area contributed by atoms with Crippen LogP contribution in [0.25, 0.3) is 0 Å². The van der Waals surface area contributed by atoms with Crippen molar-refractivity contribution in [3.05, 3.63) is 18.3 Å². The van der Waals surface area contributed by atoms with E-state index in [1.54, 1.807) is 0 Å². The number of sulfonamides is 1. The van der Waals surface area contributed by atoms with Crippen LogP contribution in [0.5, 0.6) is 0 Å². The largest absolute Gasteiger partial charge is 0.384 e. The second-order valence-electron chi connectivity index (χ2n) is 3.53. The van der Waals surface area contributed by atoms with E-state index in [4.69, 9.17) is 5.73 Å². The number of anilines is 1. The zero-order valence-electron chi connectivity index (χ0n) is 9.01. The van der Waals surface area contributed by atoms with Gasteiger partial charge in [0, 0.05) is 19.3 Å². The van der Waals surface area contributed by atoms with Gasteiger partial charge < -0.3 is 5.73 Å². The monoisotopic (exact) mass is 229 g/mol. The fourth-order valence-corrected chi connectivity index (χ4v) is 2.30. The van der Waals surface area contributed by atoms with Crippen molar-refractivity contribution in [1.29, 1.82) is 0 Å². The summed E-state index contributed by atoms with van der Waals surface area (Å²) in [4.78, 5) is 3.92. The van der Waals surface area contributed by atoms with Gasteiger partial charge in [0.1, 0.15) is 10.7 Å². The highest BCUT2D eigenvalue weighted by molar-refractivity contribution is 7.89. The average Bonchev–Trinajstić information content (AvgIpc) is 2.17. The van der Waals surface area contributed by atoms with E-state index in [2.05, 4.69) is 4.98 Å². The molecule has 2 N–H and O–H groups in total. The quantitative estimate of drug-likeness (QED) is 0.827. The van der Waals surface area contributed by atoms with Crippen LogP contribution in [-0.4, -0.2) is 30.8 Å². The molecule has 84 valence electrons. The van der Waals surface area contributed by atoms with Crippen molar-refractivity contribution in [3.63, 3.8) is 0 Å². The standard InChI is InChI=1S/C9H15N3O2S/c1-7(2)12(3)15(13,14)8-4-5-9(10)11-6-8/h4-7H,1-3H3,(H2,10,11). The first kappa shape index (κ1) is 11.9. The summed E-state index contributed by atoms with van der Waals surface area (Å²) in [5.41, 5.74) is 5.39. The average molecular weight is 229 g/mol. The van der Waals surface area contributed by atoms with Crippen molar-refractivity contribution in [2.45, 2.75) is 24.8 Å². The van der Waals surface area contributed by atoms with Crippen molar-refractivity contribution in [2.75, 3.05) is 12.8 Å². The van der Waals surface area contributed by atoms with Gasteiger partial charge in [-0.2, -0.15) is 4.31 Å². The first-order valence-electron chi connectivity index (χ1n) is 4.55. The van der Waals surface area contributed by atoms with E-state index in [1.807, 2.05) is 13.8 Å².